The third kappa shape index (κ3) is 2.34. The van der Waals surface area contributed by atoms with Crippen LogP contribution in [0, 0.1) is 0 Å². The van der Waals surface area contributed by atoms with Gasteiger partial charge in [0.2, 0.25) is 0 Å². The van der Waals surface area contributed by atoms with Crippen molar-refractivity contribution in [3.05, 3.63) is 48.4 Å². The summed E-state index contributed by atoms with van der Waals surface area (Å²) in [6.07, 6.45) is 3.37. The lowest BCUT2D eigenvalue weighted by atomic mass is 10.0. The van der Waals surface area contributed by atoms with Gasteiger partial charge in [0.05, 0.1) is 11.6 Å². The van der Waals surface area contributed by atoms with E-state index in [4.69, 9.17) is 0 Å². The topological polar surface area (TPSA) is 55.6 Å². The first-order chi connectivity index (χ1) is 9.75. The predicted molar refractivity (Wildman–Crippen MR) is 79.7 cm³/mol. The van der Waals surface area contributed by atoms with Gasteiger partial charge in [-0.3, -0.25) is 4.68 Å². The molecule has 0 fully saturated rings. The Balaban J connectivity index is 1.77. The Morgan fingerprint density at radius 3 is 2.80 bits per heavy atom. The number of anilines is 1. The van der Waals surface area contributed by atoms with Gasteiger partial charge in [-0.05, 0) is 11.5 Å². The number of aryl methyl sites for hydroxylation is 1. The first-order valence-corrected chi connectivity index (χ1v) is 6.67. The number of benzene rings is 1. The van der Waals surface area contributed by atoms with Crippen molar-refractivity contribution in [3.8, 4) is 0 Å². The van der Waals surface area contributed by atoms with Gasteiger partial charge in [-0.15, -0.1) is 0 Å². The van der Waals surface area contributed by atoms with Gasteiger partial charge in [-0.2, -0.15) is 5.10 Å². The second kappa shape index (κ2) is 5.28. The van der Waals surface area contributed by atoms with Crippen LogP contribution in [0.2, 0.25) is 0 Å². The molecule has 20 heavy (non-hydrogen) atoms. The average Bonchev–Trinajstić information content (AvgIpc) is 2.88. The van der Waals surface area contributed by atoms with Gasteiger partial charge in [0.25, 0.3) is 0 Å². The minimum absolute atomic E-state index is 0.415. The van der Waals surface area contributed by atoms with Crippen LogP contribution in [0.25, 0.3) is 11.0 Å². The number of nitrogens with one attached hydrogen (secondary N) is 1. The number of nitrogens with zero attached hydrogens (tertiary/aromatic N) is 4. The first-order valence-electron chi connectivity index (χ1n) is 6.67. The molecule has 0 aliphatic heterocycles. The van der Waals surface area contributed by atoms with Gasteiger partial charge in [0.1, 0.15) is 12.1 Å². The molecule has 102 valence electrons. The quantitative estimate of drug-likeness (QED) is 0.789. The lowest BCUT2D eigenvalue weighted by Gasteiger charge is -2.13. The van der Waals surface area contributed by atoms with Crippen LogP contribution in [0.4, 0.5) is 5.82 Å². The van der Waals surface area contributed by atoms with Crippen LogP contribution in [0.3, 0.4) is 0 Å². The fraction of sp³-hybridized carbons (Fsp3) is 0.267. The highest BCUT2D eigenvalue weighted by molar-refractivity contribution is 5.85. The molecule has 0 amide bonds. The molecule has 2 heterocycles. The molecule has 0 bridgehead atoms. The molecule has 1 aromatic carbocycles. The summed E-state index contributed by atoms with van der Waals surface area (Å²) >= 11 is 0. The summed E-state index contributed by atoms with van der Waals surface area (Å²) in [7, 11) is 1.88. The number of rotatable bonds is 4. The van der Waals surface area contributed by atoms with E-state index in [9.17, 15) is 0 Å². The maximum Gasteiger partial charge on any atom is 0.163 e. The van der Waals surface area contributed by atoms with E-state index in [1.54, 1.807) is 17.2 Å². The summed E-state index contributed by atoms with van der Waals surface area (Å²) in [6.45, 7) is 3.02. The zero-order valence-electron chi connectivity index (χ0n) is 11.6. The molecule has 2 aromatic heterocycles. The summed E-state index contributed by atoms with van der Waals surface area (Å²) in [6, 6.07) is 10.5. The van der Waals surface area contributed by atoms with Gasteiger partial charge >= 0.3 is 0 Å². The Hall–Kier alpha value is -2.43. The standard InChI is InChI=1S/C15H17N5/c1-11(12-6-4-3-5-7-12)8-16-14-13-9-19-20(2)15(13)18-10-17-14/h3-7,9-11H,8H2,1-2H3,(H,16,17,18). The van der Waals surface area contributed by atoms with Crippen molar-refractivity contribution in [1.29, 1.82) is 0 Å². The summed E-state index contributed by atoms with van der Waals surface area (Å²) in [5.41, 5.74) is 2.16. The molecule has 0 saturated heterocycles. The molecule has 0 aliphatic rings. The molecule has 5 heteroatoms. The van der Waals surface area contributed by atoms with Crippen molar-refractivity contribution in [1.82, 2.24) is 19.7 Å². The van der Waals surface area contributed by atoms with Gasteiger partial charge in [-0.25, -0.2) is 9.97 Å². The van der Waals surface area contributed by atoms with Gasteiger partial charge in [0, 0.05) is 13.6 Å². The molecule has 0 aliphatic carbocycles. The number of hydrogen-bond donors (Lipinski definition) is 1. The van der Waals surface area contributed by atoms with Gasteiger partial charge < -0.3 is 5.32 Å². The zero-order valence-corrected chi connectivity index (χ0v) is 11.6. The minimum Gasteiger partial charge on any atom is -0.369 e. The second-order valence-electron chi connectivity index (χ2n) is 4.92. The highest BCUT2D eigenvalue weighted by Gasteiger charge is 2.09. The van der Waals surface area contributed by atoms with Crippen LogP contribution in [-0.2, 0) is 7.05 Å². The molecule has 1 atom stereocenters. The largest absolute Gasteiger partial charge is 0.369 e. The van der Waals surface area contributed by atoms with E-state index in [0.717, 1.165) is 23.4 Å². The second-order valence-corrected chi connectivity index (χ2v) is 4.92. The van der Waals surface area contributed by atoms with E-state index >= 15 is 0 Å². The number of hydrogen-bond acceptors (Lipinski definition) is 4. The van der Waals surface area contributed by atoms with Crippen molar-refractivity contribution < 1.29 is 0 Å². The molecular weight excluding hydrogens is 250 g/mol. The normalized spacial score (nSPS) is 12.5. The molecule has 0 spiro atoms. The summed E-state index contributed by atoms with van der Waals surface area (Å²) < 4.78 is 1.75. The first kappa shape index (κ1) is 12.6. The minimum atomic E-state index is 0.415. The Morgan fingerprint density at radius 1 is 1.20 bits per heavy atom. The van der Waals surface area contributed by atoms with E-state index < -0.39 is 0 Å². The van der Waals surface area contributed by atoms with Crippen molar-refractivity contribution >= 4 is 16.9 Å². The van der Waals surface area contributed by atoms with Crippen molar-refractivity contribution in [2.75, 3.05) is 11.9 Å². The fourth-order valence-electron chi connectivity index (χ4n) is 2.25. The lowest BCUT2D eigenvalue weighted by Crippen LogP contribution is -2.11. The molecule has 1 unspecified atom stereocenters. The summed E-state index contributed by atoms with van der Waals surface area (Å²) in [4.78, 5) is 8.55. The van der Waals surface area contributed by atoms with Crippen molar-refractivity contribution in [2.24, 2.45) is 7.05 Å². The van der Waals surface area contributed by atoms with E-state index in [-0.39, 0.29) is 0 Å². The maximum atomic E-state index is 4.31. The molecule has 0 radical (unpaired) electrons. The predicted octanol–water partition coefficient (Wildman–Crippen LogP) is 2.58. The van der Waals surface area contributed by atoms with E-state index in [2.05, 4.69) is 51.6 Å². The van der Waals surface area contributed by atoms with Gasteiger partial charge in [0.15, 0.2) is 5.65 Å². The molecule has 1 N–H and O–H groups in total. The zero-order chi connectivity index (χ0) is 13.9. The van der Waals surface area contributed by atoms with Crippen LogP contribution in [0.1, 0.15) is 18.4 Å². The number of fused-ring (bicyclic) bond motifs is 1. The third-order valence-corrected chi connectivity index (χ3v) is 3.47. The summed E-state index contributed by atoms with van der Waals surface area (Å²) in [5.74, 6) is 1.25. The molecule has 5 nitrogen and oxygen atoms in total. The Bertz CT molecular complexity index is 705. The monoisotopic (exact) mass is 267 g/mol. The van der Waals surface area contributed by atoms with E-state index in [0.29, 0.717) is 5.92 Å². The third-order valence-electron chi connectivity index (χ3n) is 3.47. The SMILES string of the molecule is CC(CNc1ncnc2c1cnn2C)c1ccccc1. The fourth-order valence-corrected chi connectivity index (χ4v) is 2.25. The van der Waals surface area contributed by atoms with Crippen LogP contribution in [0.15, 0.2) is 42.9 Å². The molecule has 3 rings (SSSR count). The number of aromatic nitrogens is 4. The highest BCUT2D eigenvalue weighted by Crippen LogP contribution is 2.20. The molecule has 0 saturated carbocycles. The van der Waals surface area contributed by atoms with Crippen LogP contribution < -0.4 is 5.32 Å². The maximum absolute atomic E-state index is 4.31. The highest BCUT2D eigenvalue weighted by atomic mass is 15.3. The van der Waals surface area contributed by atoms with Crippen LogP contribution in [-0.4, -0.2) is 26.3 Å². The lowest BCUT2D eigenvalue weighted by molar-refractivity contribution is 0.784. The Labute approximate surface area is 117 Å². The van der Waals surface area contributed by atoms with E-state index in [1.807, 2.05) is 13.1 Å². The van der Waals surface area contributed by atoms with Crippen molar-refractivity contribution in [3.63, 3.8) is 0 Å². The molecular formula is C15H17N5. The van der Waals surface area contributed by atoms with Crippen LogP contribution >= 0.6 is 0 Å². The summed E-state index contributed by atoms with van der Waals surface area (Å²) in [5, 5.41) is 8.56. The Morgan fingerprint density at radius 2 is 2.00 bits per heavy atom. The van der Waals surface area contributed by atoms with Gasteiger partial charge in [-0.1, -0.05) is 37.3 Å². The van der Waals surface area contributed by atoms with Crippen molar-refractivity contribution in [2.45, 2.75) is 12.8 Å². The van der Waals surface area contributed by atoms with E-state index in [1.165, 1.54) is 5.56 Å². The smallest absolute Gasteiger partial charge is 0.163 e. The molecule has 3 aromatic rings. The Kier molecular flexibility index (Phi) is 3.33. The van der Waals surface area contributed by atoms with Crippen LogP contribution in [0.5, 0.6) is 0 Å². The average molecular weight is 267 g/mol.